The molecule has 1 aromatic carbocycles. The SMILES string of the molecule is Cc1ccc(C)c(CC(N)Cc2ccc(Cl)s2)c1. The highest BCUT2D eigenvalue weighted by Crippen LogP contribution is 2.23. The van der Waals surface area contributed by atoms with Crippen molar-refractivity contribution in [3.05, 3.63) is 56.2 Å². The molecular weight excluding hydrogens is 262 g/mol. The van der Waals surface area contributed by atoms with E-state index in [0.29, 0.717) is 0 Å². The number of rotatable bonds is 4. The Labute approximate surface area is 118 Å². The Kier molecular flexibility index (Phi) is 4.44. The molecule has 0 fully saturated rings. The van der Waals surface area contributed by atoms with Crippen LogP contribution in [0.4, 0.5) is 0 Å². The Bertz CT molecular complexity index is 533. The highest BCUT2D eigenvalue weighted by Gasteiger charge is 2.09. The molecule has 1 unspecified atom stereocenters. The summed E-state index contributed by atoms with van der Waals surface area (Å²) in [6, 6.07) is 10.7. The zero-order valence-electron chi connectivity index (χ0n) is 10.7. The number of aryl methyl sites for hydroxylation is 2. The van der Waals surface area contributed by atoms with E-state index in [9.17, 15) is 0 Å². The molecule has 0 saturated carbocycles. The average Bonchev–Trinajstić information content (AvgIpc) is 2.69. The van der Waals surface area contributed by atoms with Crippen LogP contribution in [0.25, 0.3) is 0 Å². The molecule has 1 aromatic heterocycles. The van der Waals surface area contributed by atoms with Gasteiger partial charge in [-0.25, -0.2) is 0 Å². The molecule has 1 nitrogen and oxygen atoms in total. The van der Waals surface area contributed by atoms with Gasteiger partial charge in [0.2, 0.25) is 0 Å². The van der Waals surface area contributed by atoms with Crippen LogP contribution in [-0.4, -0.2) is 6.04 Å². The maximum Gasteiger partial charge on any atom is 0.0931 e. The predicted octanol–water partition coefficient (Wildman–Crippen LogP) is 4.13. The second-order valence-electron chi connectivity index (χ2n) is 4.80. The maximum atomic E-state index is 6.23. The van der Waals surface area contributed by atoms with Crippen LogP contribution in [-0.2, 0) is 12.8 Å². The summed E-state index contributed by atoms with van der Waals surface area (Å²) in [5, 5.41) is 0. The smallest absolute Gasteiger partial charge is 0.0931 e. The van der Waals surface area contributed by atoms with E-state index >= 15 is 0 Å². The predicted molar refractivity (Wildman–Crippen MR) is 80.6 cm³/mol. The standard InChI is InChI=1S/C15H18ClNS/c1-10-3-4-11(2)12(7-10)8-13(17)9-14-5-6-15(16)18-14/h3-7,13H,8-9,17H2,1-2H3. The highest BCUT2D eigenvalue weighted by molar-refractivity contribution is 7.16. The number of hydrogen-bond donors (Lipinski definition) is 1. The maximum absolute atomic E-state index is 6.23. The molecule has 0 aliphatic carbocycles. The molecule has 0 bridgehead atoms. The fourth-order valence-corrected chi connectivity index (χ4v) is 3.28. The summed E-state index contributed by atoms with van der Waals surface area (Å²) in [4.78, 5) is 1.26. The third-order valence-electron chi connectivity index (χ3n) is 3.08. The summed E-state index contributed by atoms with van der Waals surface area (Å²) >= 11 is 7.55. The van der Waals surface area contributed by atoms with Crippen molar-refractivity contribution in [1.82, 2.24) is 0 Å². The summed E-state index contributed by atoms with van der Waals surface area (Å²) in [5.41, 5.74) is 10.2. The molecule has 1 heterocycles. The van der Waals surface area contributed by atoms with Gasteiger partial charge in [0, 0.05) is 10.9 Å². The van der Waals surface area contributed by atoms with Gasteiger partial charge in [0.15, 0.2) is 0 Å². The van der Waals surface area contributed by atoms with Crippen molar-refractivity contribution in [1.29, 1.82) is 0 Å². The van der Waals surface area contributed by atoms with Crippen molar-refractivity contribution in [3.8, 4) is 0 Å². The summed E-state index contributed by atoms with van der Waals surface area (Å²) in [5.74, 6) is 0. The lowest BCUT2D eigenvalue weighted by atomic mass is 9.97. The number of nitrogens with two attached hydrogens (primary N) is 1. The van der Waals surface area contributed by atoms with Gasteiger partial charge in [-0.05, 0) is 49.9 Å². The molecule has 0 amide bonds. The molecule has 18 heavy (non-hydrogen) atoms. The molecule has 2 rings (SSSR count). The molecule has 96 valence electrons. The van der Waals surface area contributed by atoms with Crippen molar-refractivity contribution in [2.75, 3.05) is 0 Å². The highest BCUT2D eigenvalue weighted by atomic mass is 35.5. The summed E-state index contributed by atoms with van der Waals surface area (Å²) in [6.07, 6.45) is 1.81. The minimum absolute atomic E-state index is 0.153. The first-order chi connectivity index (χ1) is 8.54. The Balaban J connectivity index is 2.02. The summed E-state index contributed by atoms with van der Waals surface area (Å²) in [7, 11) is 0. The Morgan fingerprint density at radius 3 is 2.61 bits per heavy atom. The Morgan fingerprint density at radius 1 is 1.17 bits per heavy atom. The number of benzene rings is 1. The molecule has 0 radical (unpaired) electrons. The van der Waals surface area contributed by atoms with Crippen molar-refractivity contribution in [2.45, 2.75) is 32.7 Å². The first kappa shape index (κ1) is 13.6. The molecule has 0 aliphatic heterocycles. The van der Waals surface area contributed by atoms with Crippen molar-refractivity contribution in [2.24, 2.45) is 5.73 Å². The first-order valence-electron chi connectivity index (χ1n) is 6.10. The normalized spacial score (nSPS) is 12.7. The van der Waals surface area contributed by atoms with Crippen LogP contribution in [0.2, 0.25) is 4.34 Å². The van der Waals surface area contributed by atoms with E-state index in [1.165, 1.54) is 21.6 Å². The van der Waals surface area contributed by atoms with Crippen LogP contribution in [0.3, 0.4) is 0 Å². The van der Waals surface area contributed by atoms with E-state index in [0.717, 1.165) is 17.2 Å². The molecule has 2 N–H and O–H groups in total. The minimum Gasteiger partial charge on any atom is -0.327 e. The lowest BCUT2D eigenvalue weighted by Gasteiger charge is -2.13. The molecule has 3 heteroatoms. The van der Waals surface area contributed by atoms with Gasteiger partial charge in [-0.1, -0.05) is 35.4 Å². The topological polar surface area (TPSA) is 26.0 Å². The van der Waals surface area contributed by atoms with Gasteiger partial charge < -0.3 is 5.73 Å². The summed E-state index contributed by atoms with van der Waals surface area (Å²) < 4.78 is 0.837. The molecular formula is C15H18ClNS. The van der Waals surface area contributed by atoms with E-state index < -0.39 is 0 Å². The van der Waals surface area contributed by atoms with E-state index in [1.807, 2.05) is 6.07 Å². The van der Waals surface area contributed by atoms with E-state index in [2.05, 4.69) is 38.1 Å². The fourth-order valence-electron chi connectivity index (χ4n) is 2.09. The van der Waals surface area contributed by atoms with Crippen molar-refractivity contribution < 1.29 is 0 Å². The molecule has 0 spiro atoms. The van der Waals surface area contributed by atoms with Crippen molar-refractivity contribution in [3.63, 3.8) is 0 Å². The lowest BCUT2D eigenvalue weighted by Crippen LogP contribution is -2.25. The van der Waals surface area contributed by atoms with Crippen LogP contribution in [0.15, 0.2) is 30.3 Å². The van der Waals surface area contributed by atoms with Crippen LogP contribution in [0.1, 0.15) is 21.6 Å². The minimum atomic E-state index is 0.153. The summed E-state index contributed by atoms with van der Waals surface area (Å²) in [6.45, 7) is 4.26. The van der Waals surface area contributed by atoms with Gasteiger partial charge >= 0.3 is 0 Å². The number of thiophene rings is 1. The first-order valence-corrected chi connectivity index (χ1v) is 7.30. The van der Waals surface area contributed by atoms with Crippen molar-refractivity contribution >= 4 is 22.9 Å². The Morgan fingerprint density at radius 2 is 1.94 bits per heavy atom. The Hall–Kier alpha value is -0.830. The quantitative estimate of drug-likeness (QED) is 0.895. The second-order valence-corrected chi connectivity index (χ2v) is 6.60. The molecule has 0 saturated heterocycles. The number of hydrogen-bond acceptors (Lipinski definition) is 2. The van der Waals surface area contributed by atoms with Gasteiger partial charge in [-0.2, -0.15) is 0 Å². The third-order valence-corrected chi connectivity index (χ3v) is 4.33. The lowest BCUT2D eigenvalue weighted by molar-refractivity contribution is 0.668. The number of halogens is 1. The van der Waals surface area contributed by atoms with Crippen LogP contribution in [0.5, 0.6) is 0 Å². The van der Waals surface area contributed by atoms with E-state index in [1.54, 1.807) is 11.3 Å². The van der Waals surface area contributed by atoms with Gasteiger partial charge in [-0.15, -0.1) is 11.3 Å². The fraction of sp³-hybridized carbons (Fsp3) is 0.333. The van der Waals surface area contributed by atoms with E-state index in [-0.39, 0.29) is 6.04 Å². The zero-order chi connectivity index (χ0) is 13.1. The van der Waals surface area contributed by atoms with Crippen LogP contribution < -0.4 is 5.73 Å². The van der Waals surface area contributed by atoms with Gasteiger partial charge in [0.1, 0.15) is 0 Å². The van der Waals surface area contributed by atoms with Gasteiger partial charge in [-0.3, -0.25) is 0 Å². The molecule has 0 aliphatic rings. The van der Waals surface area contributed by atoms with Gasteiger partial charge in [0.25, 0.3) is 0 Å². The molecule has 1 atom stereocenters. The largest absolute Gasteiger partial charge is 0.327 e. The average molecular weight is 280 g/mol. The third kappa shape index (κ3) is 3.58. The molecule has 2 aromatic rings. The van der Waals surface area contributed by atoms with Crippen LogP contribution in [0, 0.1) is 13.8 Å². The zero-order valence-corrected chi connectivity index (χ0v) is 12.3. The monoisotopic (exact) mass is 279 g/mol. The van der Waals surface area contributed by atoms with E-state index in [4.69, 9.17) is 17.3 Å². The van der Waals surface area contributed by atoms with Crippen LogP contribution >= 0.6 is 22.9 Å². The second kappa shape index (κ2) is 5.87. The van der Waals surface area contributed by atoms with Gasteiger partial charge in [0.05, 0.1) is 4.34 Å².